The van der Waals surface area contributed by atoms with Gasteiger partial charge in [0, 0.05) is 11.4 Å². The fourth-order valence-electron chi connectivity index (χ4n) is 2.72. The number of thiazole rings is 1. The minimum Gasteiger partial charge on any atom is -0.265 e. The van der Waals surface area contributed by atoms with Gasteiger partial charge < -0.3 is 0 Å². The lowest BCUT2D eigenvalue weighted by atomic mass is 10.1. The van der Waals surface area contributed by atoms with Crippen LogP contribution in [0.4, 0.5) is 0 Å². The second-order valence-corrected chi connectivity index (χ2v) is 8.41. The second kappa shape index (κ2) is 7.02. The molecule has 2 aromatic heterocycles. The van der Waals surface area contributed by atoms with Crippen molar-refractivity contribution in [3.05, 3.63) is 77.1 Å². The largest absolute Gasteiger partial charge is 0.265 e. The fourth-order valence-corrected chi connectivity index (χ4v) is 4.68. The third-order valence-corrected chi connectivity index (χ3v) is 6.32. The summed E-state index contributed by atoms with van der Waals surface area (Å²) in [6.07, 6.45) is 0. The minimum atomic E-state index is 0.817. The molecule has 0 aliphatic heterocycles. The van der Waals surface area contributed by atoms with E-state index in [-0.39, 0.29) is 0 Å². The zero-order valence-corrected chi connectivity index (χ0v) is 15.9. The van der Waals surface area contributed by atoms with Crippen molar-refractivity contribution in [1.29, 1.82) is 0 Å². The molecule has 0 bridgehead atoms. The average Bonchev–Trinajstić information content (AvgIpc) is 3.18. The van der Waals surface area contributed by atoms with Crippen molar-refractivity contribution >= 4 is 33.3 Å². The van der Waals surface area contributed by atoms with Crippen LogP contribution in [0.15, 0.2) is 58.9 Å². The first-order valence-electron chi connectivity index (χ1n) is 8.24. The molecule has 0 saturated carbocycles. The smallest absolute Gasteiger partial charge is 0.151 e. The van der Waals surface area contributed by atoms with Crippen molar-refractivity contribution in [2.75, 3.05) is 0 Å². The zero-order chi connectivity index (χ0) is 17.2. The van der Waals surface area contributed by atoms with Gasteiger partial charge in [-0.2, -0.15) is 5.10 Å². The van der Waals surface area contributed by atoms with Gasteiger partial charge in [-0.15, -0.1) is 11.3 Å². The highest BCUT2D eigenvalue weighted by atomic mass is 32.2. The van der Waals surface area contributed by atoms with Crippen molar-refractivity contribution in [3.63, 3.8) is 0 Å². The van der Waals surface area contributed by atoms with Crippen LogP contribution in [-0.2, 0) is 12.3 Å². The first-order chi connectivity index (χ1) is 12.2. The van der Waals surface area contributed by atoms with Crippen molar-refractivity contribution in [3.8, 4) is 0 Å². The van der Waals surface area contributed by atoms with Gasteiger partial charge in [0.2, 0.25) is 0 Å². The number of thioether (sulfide) groups is 1. The SMILES string of the molecule is Cc1ccc(Cn2nc(CSc3nc4ccccc4s3)cc2C)cc1. The number of benzene rings is 2. The van der Waals surface area contributed by atoms with Crippen LogP contribution < -0.4 is 0 Å². The molecule has 3 nitrogen and oxygen atoms in total. The van der Waals surface area contributed by atoms with Crippen molar-refractivity contribution in [1.82, 2.24) is 14.8 Å². The van der Waals surface area contributed by atoms with E-state index in [1.165, 1.54) is 21.5 Å². The summed E-state index contributed by atoms with van der Waals surface area (Å²) in [5, 5.41) is 4.77. The Kier molecular flexibility index (Phi) is 4.59. The second-order valence-electron chi connectivity index (χ2n) is 6.16. The van der Waals surface area contributed by atoms with Gasteiger partial charge in [0.15, 0.2) is 4.34 Å². The molecule has 0 aliphatic rings. The summed E-state index contributed by atoms with van der Waals surface area (Å²) < 4.78 is 4.43. The molecule has 126 valence electrons. The highest BCUT2D eigenvalue weighted by Gasteiger charge is 2.08. The normalized spacial score (nSPS) is 11.3. The van der Waals surface area contributed by atoms with Crippen molar-refractivity contribution < 1.29 is 0 Å². The molecule has 0 saturated heterocycles. The van der Waals surface area contributed by atoms with E-state index in [0.29, 0.717) is 0 Å². The topological polar surface area (TPSA) is 30.7 Å². The van der Waals surface area contributed by atoms with Gasteiger partial charge in [-0.25, -0.2) is 4.98 Å². The predicted octanol–water partition coefficient (Wildman–Crippen LogP) is 5.45. The molecule has 5 heteroatoms. The average molecular weight is 366 g/mol. The van der Waals surface area contributed by atoms with E-state index in [4.69, 9.17) is 5.10 Å². The molecule has 2 aromatic carbocycles. The van der Waals surface area contributed by atoms with Crippen LogP contribution >= 0.6 is 23.1 Å². The number of hydrogen-bond acceptors (Lipinski definition) is 4. The number of aromatic nitrogens is 3. The van der Waals surface area contributed by atoms with E-state index >= 15 is 0 Å². The molecule has 4 rings (SSSR count). The number of para-hydroxylation sites is 1. The Hall–Kier alpha value is -2.11. The summed E-state index contributed by atoms with van der Waals surface area (Å²) in [6, 6.07) is 19.1. The quantitative estimate of drug-likeness (QED) is 0.441. The number of fused-ring (bicyclic) bond motifs is 1. The van der Waals surface area contributed by atoms with E-state index in [1.54, 1.807) is 23.1 Å². The molecule has 25 heavy (non-hydrogen) atoms. The summed E-state index contributed by atoms with van der Waals surface area (Å²) in [5.74, 6) is 0.849. The molecule has 0 spiro atoms. The zero-order valence-electron chi connectivity index (χ0n) is 14.3. The summed E-state index contributed by atoms with van der Waals surface area (Å²) in [4.78, 5) is 4.68. The summed E-state index contributed by atoms with van der Waals surface area (Å²) in [7, 11) is 0. The Balaban J connectivity index is 1.45. The molecule has 2 heterocycles. The fraction of sp³-hybridized carbons (Fsp3) is 0.200. The Labute approximate surface area is 155 Å². The summed E-state index contributed by atoms with van der Waals surface area (Å²) in [5.41, 5.74) is 5.95. The lowest BCUT2D eigenvalue weighted by molar-refractivity contribution is 0.658. The predicted molar refractivity (Wildman–Crippen MR) is 106 cm³/mol. The van der Waals surface area contributed by atoms with Gasteiger partial charge in [-0.3, -0.25) is 4.68 Å². The van der Waals surface area contributed by atoms with Crippen LogP contribution in [0.3, 0.4) is 0 Å². The van der Waals surface area contributed by atoms with E-state index < -0.39 is 0 Å². The monoisotopic (exact) mass is 365 g/mol. The third-order valence-electron chi connectivity index (χ3n) is 4.10. The molecular formula is C20H19N3S2. The maximum atomic E-state index is 4.77. The first kappa shape index (κ1) is 16.4. The molecule has 0 fully saturated rings. The highest BCUT2D eigenvalue weighted by molar-refractivity contribution is 8.00. The van der Waals surface area contributed by atoms with Gasteiger partial charge in [-0.05, 0) is 37.6 Å². The van der Waals surface area contributed by atoms with Crippen molar-refractivity contribution in [2.24, 2.45) is 0 Å². The lowest BCUT2D eigenvalue weighted by Crippen LogP contribution is -2.04. The molecule has 0 N–H and O–H groups in total. The molecule has 0 amide bonds. The molecular weight excluding hydrogens is 346 g/mol. The van der Waals surface area contributed by atoms with Crippen LogP contribution in [0, 0.1) is 13.8 Å². The Bertz CT molecular complexity index is 966. The molecule has 0 radical (unpaired) electrons. The number of aryl methyl sites for hydroxylation is 2. The minimum absolute atomic E-state index is 0.817. The Morgan fingerprint density at radius 1 is 1.04 bits per heavy atom. The van der Waals surface area contributed by atoms with Crippen LogP contribution in [0.25, 0.3) is 10.2 Å². The number of rotatable bonds is 5. The third kappa shape index (κ3) is 3.78. The maximum Gasteiger partial charge on any atom is 0.151 e. The first-order valence-corrected chi connectivity index (χ1v) is 10.0. The van der Waals surface area contributed by atoms with Gasteiger partial charge >= 0.3 is 0 Å². The Morgan fingerprint density at radius 2 is 1.84 bits per heavy atom. The van der Waals surface area contributed by atoms with Gasteiger partial charge in [0.05, 0.1) is 22.5 Å². The van der Waals surface area contributed by atoms with Crippen molar-refractivity contribution in [2.45, 2.75) is 30.5 Å². The van der Waals surface area contributed by atoms with Crippen LogP contribution in [0.5, 0.6) is 0 Å². The van der Waals surface area contributed by atoms with Crippen LogP contribution in [0.2, 0.25) is 0 Å². The number of nitrogens with zero attached hydrogens (tertiary/aromatic N) is 3. The number of hydrogen-bond donors (Lipinski definition) is 0. The summed E-state index contributed by atoms with van der Waals surface area (Å²) >= 11 is 3.51. The van der Waals surface area contributed by atoms with Gasteiger partial charge in [0.25, 0.3) is 0 Å². The van der Waals surface area contributed by atoms with Crippen LogP contribution in [0.1, 0.15) is 22.5 Å². The molecule has 0 atom stereocenters. The summed E-state index contributed by atoms with van der Waals surface area (Å²) in [6.45, 7) is 5.05. The highest BCUT2D eigenvalue weighted by Crippen LogP contribution is 2.31. The van der Waals surface area contributed by atoms with Gasteiger partial charge in [-0.1, -0.05) is 53.7 Å². The van der Waals surface area contributed by atoms with E-state index in [9.17, 15) is 0 Å². The lowest BCUT2D eigenvalue weighted by Gasteiger charge is -2.05. The standard InChI is InChI=1S/C20H19N3S2/c1-14-7-9-16(10-8-14)12-23-15(2)11-17(22-23)13-24-20-21-18-5-3-4-6-19(18)25-20/h3-11H,12-13H2,1-2H3. The van der Waals surface area contributed by atoms with Gasteiger partial charge in [0.1, 0.15) is 0 Å². The maximum absolute atomic E-state index is 4.77. The van der Waals surface area contributed by atoms with E-state index in [1.807, 2.05) is 6.07 Å². The Morgan fingerprint density at radius 3 is 2.64 bits per heavy atom. The van der Waals surface area contributed by atoms with E-state index in [0.717, 1.165) is 27.8 Å². The van der Waals surface area contributed by atoms with Crippen LogP contribution in [-0.4, -0.2) is 14.8 Å². The molecule has 0 unspecified atom stereocenters. The molecule has 4 aromatic rings. The van der Waals surface area contributed by atoms with E-state index in [2.05, 4.69) is 72.0 Å². The molecule has 0 aliphatic carbocycles.